The highest BCUT2D eigenvalue weighted by molar-refractivity contribution is 5.86. The number of hydrogen-bond donors (Lipinski definition) is 2. The molecule has 1 aromatic carbocycles. The van der Waals surface area contributed by atoms with Gasteiger partial charge in [-0.25, -0.2) is 4.79 Å². The van der Waals surface area contributed by atoms with Crippen LogP contribution in [-0.2, 0) is 20.9 Å². The van der Waals surface area contributed by atoms with Crippen molar-refractivity contribution >= 4 is 11.9 Å². The molecule has 1 amide bonds. The maximum atomic E-state index is 13.6. The van der Waals surface area contributed by atoms with Gasteiger partial charge in [-0.3, -0.25) is 10.1 Å². The summed E-state index contributed by atoms with van der Waals surface area (Å²) in [6.07, 6.45) is -5.06. The fourth-order valence-corrected chi connectivity index (χ4v) is 2.14. The van der Waals surface area contributed by atoms with Gasteiger partial charge in [0.25, 0.3) is 0 Å². The third-order valence-electron chi connectivity index (χ3n) is 3.24. The molecule has 134 valence electrons. The highest BCUT2D eigenvalue weighted by atomic mass is 19.4. The summed E-state index contributed by atoms with van der Waals surface area (Å²) in [5.74, 6) is -2.21. The van der Waals surface area contributed by atoms with Crippen molar-refractivity contribution in [1.82, 2.24) is 5.32 Å². The molecule has 0 aliphatic rings. The van der Waals surface area contributed by atoms with Crippen LogP contribution in [0.3, 0.4) is 0 Å². The average molecular weight is 349 g/mol. The summed E-state index contributed by atoms with van der Waals surface area (Å²) >= 11 is 0. The van der Waals surface area contributed by atoms with E-state index in [9.17, 15) is 22.8 Å². The summed E-state index contributed by atoms with van der Waals surface area (Å²) in [5.41, 5.74) is -2.79. The van der Waals surface area contributed by atoms with E-state index in [0.29, 0.717) is 16.6 Å². The number of carbonyl (C=O) groups excluding carboxylic acids is 2. The first-order chi connectivity index (χ1) is 11.2. The quantitative estimate of drug-likeness (QED) is 0.561. The molecular weight excluding hydrogens is 329 g/mol. The molecule has 6 nitrogen and oxygen atoms in total. The van der Waals surface area contributed by atoms with E-state index in [4.69, 9.17) is 4.74 Å². The SMILES string of the molecule is CCOC(=O)[C@](NC(C)=O)([NH2+]Cc1ccccc1OC)C(F)(F)F. The zero-order valence-corrected chi connectivity index (χ0v) is 13.6. The Kier molecular flexibility index (Phi) is 6.59. The molecule has 0 spiro atoms. The van der Waals surface area contributed by atoms with Crippen LogP contribution in [0.5, 0.6) is 5.75 Å². The Bertz CT molecular complexity index is 592. The van der Waals surface area contributed by atoms with Gasteiger partial charge in [0, 0.05) is 12.5 Å². The smallest absolute Gasteiger partial charge is 0.478 e. The third kappa shape index (κ3) is 4.38. The fraction of sp³-hybridized carbons (Fsp3) is 0.467. The van der Waals surface area contributed by atoms with Crippen molar-refractivity contribution in [2.24, 2.45) is 0 Å². The molecule has 1 aromatic rings. The lowest BCUT2D eigenvalue weighted by molar-refractivity contribution is -0.757. The first kappa shape index (κ1) is 19.8. The molecule has 0 fully saturated rings. The standard InChI is InChI=1S/C15H19F3N2O4/c1-4-24-13(22)14(15(16,17)18,20-10(2)21)19-9-11-7-5-6-8-12(11)23-3/h5-8,19H,4,9H2,1-3H3,(H,20,21)/p+1/t14-/m1/s1. The molecule has 0 radical (unpaired) electrons. The maximum absolute atomic E-state index is 13.6. The van der Waals surface area contributed by atoms with Crippen molar-refractivity contribution in [3.05, 3.63) is 29.8 Å². The second-order valence-corrected chi connectivity index (χ2v) is 4.93. The molecule has 0 heterocycles. The molecule has 0 saturated heterocycles. The van der Waals surface area contributed by atoms with Gasteiger partial charge in [0.05, 0.1) is 13.7 Å². The van der Waals surface area contributed by atoms with Crippen LogP contribution in [0.2, 0.25) is 0 Å². The van der Waals surface area contributed by atoms with Gasteiger partial charge in [-0.1, -0.05) is 12.1 Å². The van der Waals surface area contributed by atoms with E-state index in [1.54, 1.807) is 29.6 Å². The summed E-state index contributed by atoms with van der Waals surface area (Å²) in [6, 6.07) is 6.44. The minimum absolute atomic E-state index is 0.251. The Labute approximate surface area is 137 Å². The largest absolute Gasteiger partial charge is 0.496 e. The van der Waals surface area contributed by atoms with Gasteiger partial charge < -0.3 is 14.8 Å². The summed E-state index contributed by atoms with van der Waals surface area (Å²) < 4.78 is 50.5. The number of quaternary nitrogens is 1. The Balaban J connectivity index is 3.21. The second kappa shape index (κ2) is 8.00. The van der Waals surface area contributed by atoms with Crippen molar-refractivity contribution < 1.29 is 37.6 Å². The molecule has 0 aromatic heterocycles. The molecule has 0 unspecified atom stereocenters. The van der Waals surface area contributed by atoms with Gasteiger partial charge in [0.2, 0.25) is 5.91 Å². The summed E-state index contributed by atoms with van der Waals surface area (Å²) in [4.78, 5) is 23.3. The molecule has 0 aliphatic carbocycles. The van der Waals surface area contributed by atoms with Crippen LogP contribution in [0.4, 0.5) is 13.2 Å². The van der Waals surface area contributed by atoms with Crippen LogP contribution >= 0.6 is 0 Å². The number of alkyl halides is 3. The van der Waals surface area contributed by atoms with E-state index in [1.165, 1.54) is 14.0 Å². The Hall–Kier alpha value is -2.29. The Morgan fingerprint density at radius 3 is 2.38 bits per heavy atom. The number of amides is 1. The first-order valence-electron chi connectivity index (χ1n) is 7.17. The zero-order chi connectivity index (χ0) is 18.4. The van der Waals surface area contributed by atoms with Crippen LogP contribution < -0.4 is 15.4 Å². The van der Waals surface area contributed by atoms with E-state index in [0.717, 1.165) is 6.92 Å². The minimum atomic E-state index is -5.06. The predicted molar refractivity (Wildman–Crippen MR) is 77.9 cm³/mol. The summed E-state index contributed by atoms with van der Waals surface area (Å²) in [7, 11) is 1.38. The minimum Gasteiger partial charge on any atom is -0.496 e. The van der Waals surface area contributed by atoms with Crippen molar-refractivity contribution in [3.63, 3.8) is 0 Å². The number of halogens is 3. The van der Waals surface area contributed by atoms with E-state index in [1.807, 2.05) is 0 Å². The normalized spacial score (nSPS) is 13.8. The number of nitrogens with two attached hydrogens (primary N) is 1. The summed E-state index contributed by atoms with van der Waals surface area (Å²) in [5, 5.41) is 2.38. The molecule has 3 N–H and O–H groups in total. The monoisotopic (exact) mass is 349 g/mol. The topological polar surface area (TPSA) is 81.2 Å². The van der Waals surface area contributed by atoms with Crippen LogP contribution in [0, 0.1) is 0 Å². The third-order valence-corrected chi connectivity index (χ3v) is 3.24. The van der Waals surface area contributed by atoms with Crippen LogP contribution in [-0.4, -0.2) is 37.4 Å². The average Bonchev–Trinajstić information content (AvgIpc) is 2.50. The Morgan fingerprint density at radius 2 is 1.88 bits per heavy atom. The lowest BCUT2D eigenvalue weighted by Gasteiger charge is -2.31. The molecule has 24 heavy (non-hydrogen) atoms. The van der Waals surface area contributed by atoms with Gasteiger partial charge in [-0.05, 0) is 19.1 Å². The maximum Gasteiger partial charge on any atom is 0.478 e. The van der Waals surface area contributed by atoms with Gasteiger partial charge in [0.1, 0.15) is 12.3 Å². The van der Waals surface area contributed by atoms with Gasteiger partial charge in [-0.2, -0.15) is 13.2 Å². The van der Waals surface area contributed by atoms with Crippen LogP contribution in [0.1, 0.15) is 19.4 Å². The molecular formula is C15H20F3N2O4+. The van der Waals surface area contributed by atoms with Crippen molar-refractivity contribution in [2.45, 2.75) is 32.2 Å². The molecule has 9 heteroatoms. The van der Waals surface area contributed by atoms with Crippen LogP contribution in [0.15, 0.2) is 24.3 Å². The lowest BCUT2D eigenvalue weighted by atomic mass is 10.1. The first-order valence-corrected chi connectivity index (χ1v) is 7.17. The number of para-hydroxylation sites is 1. The fourth-order valence-electron chi connectivity index (χ4n) is 2.14. The molecule has 1 atom stereocenters. The Morgan fingerprint density at radius 1 is 1.25 bits per heavy atom. The van der Waals surface area contributed by atoms with Gasteiger partial charge >= 0.3 is 17.8 Å². The number of hydrogen-bond acceptors (Lipinski definition) is 4. The number of esters is 1. The molecule has 0 aliphatic heterocycles. The number of rotatable bonds is 7. The number of ether oxygens (including phenoxy) is 2. The number of nitrogens with one attached hydrogen (secondary N) is 1. The second-order valence-electron chi connectivity index (χ2n) is 4.93. The van der Waals surface area contributed by atoms with Crippen molar-refractivity contribution in [2.75, 3.05) is 13.7 Å². The lowest BCUT2D eigenvalue weighted by Crippen LogP contribution is -3.06. The van der Waals surface area contributed by atoms with Crippen molar-refractivity contribution in [1.29, 1.82) is 0 Å². The van der Waals surface area contributed by atoms with Gasteiger partial charge in [0.15, 0.2) is 0 Å². The van der Waals surface area contributed by atoms with E-state index in [2.05, 4.69) is 4.74 Å². The predicted octanol–water partition coefficient (Wildman–Crippen LogP) is 0.716. The summed E-state index contributed by atoms with van der Waals surface area (Å²) in [6.45, 7) is 1.77. The number of methoxy groups -OCH3 is 1. The van der Waals surface area contributed by atoms with E-state index in [-0.39, 0.29) is 13.2 Å². The molecule has 0 bridgehead atoms. The van der Waals surface area contributed by atoms with Crippen LogP contribution in [0.25, 0.3) is 0 Å². The van der Waals surface area contributed by atoms with E-state index < -0.39 is 23.7 Å². The highest BCUT2D eigenvalue weighted by Crippen LogP contribution is 2.27. The number of benzene rings is 1. The highest BCUT2D eigenvalue weighted by Gasteiger charge is 2.67. The number of carbonyl (C=O) groups is 2. The zero-order valence-electron chi connectivity index (χ0n) is 13.6. The molecule has 1 rings (SSSR count). The van der Waals surface area contributed by atoms with Crippen molar-refractivity contribution in [3.8, 4) is 5.75 Å². The molecule has 0 saturated carbocycles. The van der Waals surface area contributed by atoms with Gasteiger partial charge in [-0.15, -0.1) is 0 Å². The van der Waals surface area contributed by atoms with E-state index >= 15 is 0 Å².